The first kappa shape index (κ1) is 18.6. The molecule has 4 rings (SSSR count). The highest BCUT2D eigenvalue weighted by Gasteiger charge is 2.15. The van der Waals surface area contributed by atoms with Crippen molar-refractivity contribution in [1.29, 1.82) is 0 Å². The fraction of sp³-hybridized carbons (Fsp3) is 0.200. The van der Waals surface area contributed by atoms with Crippen LogP contribution in [0, 0.1) is 5.82 Å². The minimum absolute atomic E-state index is 0.0229. The highest BCUT2D eigenvalue weighted by atomic mass is 19.1. The van der Waals surface area contributed by atoms with Gasteiger partial charge in [0.25, 0.3) is 0 Å². The maximum absolute atomic E-state index is 13.8. The zero-order valence-corrected chi connectivity index (χ0v) is 15.7. The molecule has 2 N–H and O–H groups in total. The molecule has 0 bridgehead atoms. The van der Waals surface area contributed by atoms with Gasteiger partial charge in [-0.25, -0.2) is 9.37 Å². The van der Waals surface area contributed by atoms with Crippen LogP contribution in [0.3, 0.4) is 0 Å². The molecule has 0 spiro atoms. The van der Waals surface area contributed by atoms with Crippen molar-refractivity contribution in [3.8, 4) is 34.0 Å². The number of phenolic OH excluding ortho intramolecular Hbond substituents is 1. The van der Waals surface area contributed by atoms with Gasteiger partial charge in [-0.15, -0.1) is 10.2 Å². The topological polar surface area (TPSA) is 102 Å². The van der Waals surface area contributed by atoms with Crippen LogP contribution >= 0.6 is 0 Å². The summed E-state index contributed by atoms with van der Waals surface area (Å²) in [5.74, 6) is 1.50. The Morgan fingerprint density at radius 1 is 1.17 bits per heavy atom. The Morgan fingerprint density at radius 2 is 2.07 bits per heavy atom. The van der Waals surface area contributed by atoms with E-state index in [1.165, 1.54) is 25.3 Å². The lowest BCUT2D eigenvalue weighted by molar-refractivity contribution is 0.415. The number of rotatable bonds is 7. The smallest absolute Gasteiger partial charge is 0.174 e. The molecule has 0 saturated heterocycles. The third-order valence-corrected chi connectivity index (χ3v) is 4.61. The lowest BCUT2D eigenvalue weighted by Gasteiger charge is -2.13. The molecule has 0 saturated carbocycles. The third kappa shape index (κ3) is 3.93. The Kier molecular flexibility index (Phi) is 5.19. The van der Waals surface area contributed by atoms with E-state index in [1.54, 1.807) is 12.3 Å². The SMILES string of the molecule is COc1ccc(-c2nccn2CCCc2nn[nH]n2)cc1-c1cc(F)ccc1O. The summed E-state index contributed by atoms with van der Waals surface area (Å²) in [4.78, 5) is 4.47. The number of halogens is 1. The zero-order valence-electron chi connectivity index (χ0n) is 15.7. The van der Waals surface area contributed by atoms with E-state index in [0.29, 0.717) is 29.1 Å². The number of hydrogen-bond donors (Lipinski definition) is 2. The summed E-state index contributed by atoms with van der Waals surface area (Å²) in [5, 5.41) is 24.1. The van der Waals surface area contributed by atoms with Crippen LogP contribution in [0.25, 0.3) is 22.5 Å². The van der Waals surface area contributed by atoms with Gasteiger partial charge in [-0.05, 0) is 42.8 Å². The van der Waals surface area contributed by atoms with Crippen molar-refractivity contribution in [2.45, 2.75) is 19.4 Å². The summed E-state index contributed by atoms with van der Waals surface area (Å²) in [5.41, 5.74) is 1.77. The first-order chi connectivity index (χ1) is 14.2. The summed E-state index contributed by atoms with van der Waals surface area (Å²) >= 11 is 0. The predicted molar refractivity (Wildman–Crippen MR) is 104 cm³/mol. The number of nitrogens with zero attached hydrogens (tertiary/aromatic N) is 5. The second-order valence-electron chi connectivity index (χ2n) is 6.45. The number of methoxy groups -OCH3 is 1. The third-order valence-electron chi connectivity index (χ3n) is 4.61. The van der Waals surface area contributed by atoms with E-state index in [-0.39, 0.29) is 5.75 Å². The lowest BCUT2D eigenvalue weighted by Crippen LogP contribution is -2.02. The van der Waals surface area contributed by atoms with Crippen molar-refractivity contribution in [1.82, 2.24) is 30.2 Å². The van der Waals surface area contributed by atoms with Crippen LogP contribution in [0.2, 0.25) is 0 Å². The van der Waals surface area contributed by atoms with Crippen molar-refractivity contribution in [2.24, 2.45) is 0 Å². The van der Waals surface area contributed by atoms with Gasteiger partial charge in [-0.2, -0.15) is 5.21 Å². The van der Waals surface area contributed by atoms with E-state index in [1.807, 2.05) is 22.9 Å². The fourth-order valence-corrected chi connectivity index (χ4v) is 3.23. The summed E-state index contributed by atoms with van der Waals surface area (Å²) in [6.07, 6.45) is 5.14. The Bertz CT molecular complexity index is 1110. The summed E-state index contributed by atoms with van der Waals surface area (Å²) in [6.45, 7) is 0.719. The van der Waals surface area contributed by atoms with E-state index in [4.69, 9.17) is 4.74 Å². The number of aromatic nitrogens is 6. The molecular weight excluding hydrogens is 375 g/mol. The van der Waals surface area contributed by atoms with Crippen molar-refractivity contribution >= 4 is 0 Å². The number of ether oxygens (including phenoxy) is 1. The molecule has 2 heterocycles. The van der Waals surface area contributed by atoms with Gasteiger partial charge >= 0.3 is 0 Å². The van der Waals surface area contributed by atoms with Gasteiger partial charge in [0.15, 0.2) is 5.82 Å². The van der Waals surface area contributed by atoms with Gasteiger partial charge in [0.05, 0.1) is 7.11 Å². The number of tetrazole rings is 1. The van der Waals surface area contributed by atoms with Gasteiger partial charge < -0.3 is 14.4 Å². The van der Waals surface area contributed by atoms with Crippen LogP contribution in [0.15, 0.2) is 48.8 Å². The van der Waals surface area contributed by atoms with Crippen LogP contribution < -0.4 is 4.74 Å². The van der Waals surface area contributed by atoms with Crippen LogP contribution in [-0.4, -0.2) is 42.4 Å². The molecule has 2 aromatic carbocycles. The van der Waals surface area contributed by atoms with Gasteiger partial charge in [0.2, 0.25) is 0 Å². The van der Waals surface area contributed by atoms with Gasteiger partial charge in [0, 0.05) is 42.0 Å². The zero-order chi connectivity index (χ0) is 20.2. The number of hydrogen-bond acceptors (Lipinski definition) is 6. The van der Waals surface area contributed by atoms with E-state index < -0.39 is 5.82 Å². The van der Waals surface area contributed by atoms with Crippen LogP contribution in [0.4, 0.5) is 4.39 Å². The molecule has 0 fully saturated rings. The minimum atomic E-state index is -0.437. The molecule has 0 amide bonds. The normalized spacial score (nSPS) is 11.0. The molecule has 148 valence electrons. The highest BCUT2D eigenvalue weighted by Crippen LogP contribution is 2.38. The number of aryl methyl sites for hydroxylation is 2. The van der Waals surface area contributed by atoms with E-state index in [2.05, 4.69) is 25.6 Å². The van der Waals surface area contributed by atoms with Crippen molar-refractivity contribution in [3.63, 3.8) is 0 Å². The van der Waals surface area contributed by atoms with Gasteiger partial charge in [0.1, 0.15) is 23.1 Å². The lowest BCUT2D eigenvalue weighted by atomic mass is 10.0. The number of H-pyrrole nitrogens is 1. The molecular formula is C20H19FN6O2. The molecule has 0 aliphatic heterocycles. The Morgan fingerprint density at radius 3 is 2.86 bits per heavy atom. The predicted octanol–water partition coefficient (Wildman–Crippen LogP) is 3.22. The number of benzene rings is 2. The fourth-order valence-electron chi connectivity index (χ4n) is 3.23. The Labute approximate surface area is 166 Å². The second-order valence-corrected chi connectivity index (χ2v) is 6.45. The van der Waals surface area contributed by atoms with Gasteiger partial charge in [-0.3, -0.25) is 0 Å². The van der Waals surface area contributed by atoms with E-state index >= 15 is 0 Å². The molecule has 0 radical (unpaired) electrons. The van der Waals surface area contributed by atoms with Crippen LogP contribution in [0.5, 0.6) is 11.5 Å². The molecule has 0 aliphatic rings. The van der Waals surface area contributed by atoms with Crippen LogP contribution in [0.1, 0.15) is 12.2 Å². The van der Waals surface area contributed by atoms with Gasteiger partial charge in [-0.1, -0.05) is 5.21 Å². The molecule has 0 atom stereocenters. The minimum Gasteiger partial charge on any atom is -0.507 e. The maximum Gasteiger partial charge on any atom is 0.174 e. The second kappa shape index (κ2) is 8.09. The molecule has 0 aliphatic carbocycles. The number of aromatic amines is 1. The molecule has 0 unspecified atom stereocenters. The average Bonchev–Trinajstić information content (AvgIpc) is 3.41. The van der Waals surface area contributed by atoms with Crippen molar-refractivity contribution in [3.05, 3.63) is 60.4 Å². The standard InChI is InChI=1S/C20H19FN6O2/c1-29-18-7-4-13(11-16(18)15-12-14(21)5-6-17(15)28)20-22-8-10-27(20)9-2-3-19-23-25-26-24-19/h4-8,10-12,28H,2-3,9H2,1H3,(H,23,24,25,26). The largest absolute Gasteiger partial charge is 0.507 e. The number of imidazole rings is 1. The Balaban J connectivity index is 1.64. The molecule has 8 nitrogen and oxygen atoms in total. The molecule has 4 aromatic rings. The first-order valence-corrected chi connectivity index (χ1v) is 9.06. The van der Waals surface area contributed by atoms with E-state index in [0.717, 1.165) is 24.4 Å². The number of aromatic hydroxyl groups is 1. The first-order valence-electron chi connectivity index (χ1n) is 9.06. The maximum atomic E-state index is 13.8. The molecule has 29 heavy (non-hydrogen) atoms. The summed E-state index contributed by atoms with van der Waals surface area (Å²) in [7, 11) is 1.54. The van der Waals surface area contributed by atoms with Crippen molar-refractivity contribution < 1.29 is 14.2 Å². The average molecular weight is 394 g/mol. The summed E-state index contributed by atoms with van der Waals surface area (Å²) in [6, 6.07) is 9.34. The van der Waals surface area contributed by atoms with Crippen molar-refractivity contribution in [2.75, 3.05) is 7.11 Å². The number of phenols is 1. The molecule has 2 aromatic heterocycles. The summed E-state index contributed by atoms with van der Waals surface area (Å²) < 4.78 is 21.2. The quantitative estimate of drug-likeness (QED) is 0.499. The Hall–Kier alpha value is -3.75. The monoisotopic (exact) mass is 394 g/mol. The van der Waals surface area contributed by atoms with E-state index in [9.17, 15) is 9.50 Å². The molecule has 9 heteroatoms. The number of nitrogens with one attached hydrogen (secondary N) is 1. The van der Waals surface area contributed by atoms with Crippen LogP contribution in [-0.2, 0) is 13.0 Å². The highest BCUT2D eigenvalue weighted by molar-refractivity contribution is 5.79.